The van der Waals surface area contributed by atoms with Crippen LogP contribution >= 0.6 is 0 Å². The number of anilines is 1. The predicted molar refractivity (Wildman–Crippen MR) is 129 cm³/mol. The van der Waals surface area contributed by atoms with Gasteiger partial charge in [0.25, 0.3) is 5.91 Å². The highest BCUT2D eigenvalue weighted by molar-refractivity contribution is 7.89. The van der Waals surface area contributed by atoms with Crippen LogP contribution in [0.4, 0.5) is 5.69 Å². The Hall–Kier alpha value is -3.62. The van der Waals surface area contributed by atoms with Gasteiger partial charge in [-0.15, -0.1) is 0 Å². The molecule has 2 N–H and O–H groups in total. The smallest absolute Gasteiger partial charge is 0.256 e. The molecular weight excluding hydrogens is 436 g/mol. The van der Waals surface area contributed by atoms with E-state index in [1.54, 1.807) is 30.6 Å². The van der Waals surface area contributed by atoms with E-state index in [2.05, 4.69) is 20.0 Å². The summed E-state index contributed by atoms with van der Waals surface area (Å²) in [7, 11) is -3.61. The van der Waals surface area contributed by atoms with Gasteiger partial charge in [-0.1, -0.05) is 25.1 Å². The molecule has 0 aliphatic rings. The zero-order valence-corrected chi connectivity index (χ0v) is 19.1. The molecule has 33 heavy (non-hydrogen) atoms. The molecule has 1 atom stereocenters. The van der Waals surface area contributed by atoms with Crippen molar-refractivity contribution in [2.45, 2.75) is 31.2 Å². The molecule has 1 unspecified atom stereocenters. The van der Waals surface area contributed by atoms with Crippen molar-refractivity contribution in [3.63, 3.8) is 0 Å². The van der Waals surface area contributed by atoms with Crippen LogP contribution in [0.25, 0.3) is 22.2 Å². The number of para-hydroxylation sites is 1. The molecule has 0 spiro atoms. The fourth-order valence-electron chi connectivity index (χ4n) is 3.37. The van der Waals surface area contributed by atoms with Crippen molar-refractivity contribution in [3.05, 3.63) is 84.7 Å². The van der Waals surface area contributed by atoms with Gasteiger partial charge in [0, 0.05) is 35.1 Å². The number of benzene rings is 2. The standard InChI is InChI=1S/C25H24N4O3S/c1-3-17(2)29-33(31,32)20-10-8-19(9-11-20)27-25(30)22-16-24(18-12-14-26-15-13-18)28-23-7-5-4-6-21(22)23/h4-17,29H,3H2,1-2H3,(H,27,30). The maximum atomic E-state index is 13.2. The number of carbonyl (C=O) groups is 1. The quantitative estimate of drug-likeness (QED) is 0.419. The summed E-state index contributed by atoms with van der Waals surface area (Å²) in [6.45, 7) is 3.72. The van der Waals surface area contributed by atoms with Gasteiger partial charge in [-0.3, -0.25) is 9.78 Å². The summed E-state index contributed by atoms with van der Waals surface area (Å²) in [5.41, 5.74) is 3.19. The fourth-order valence-corrected chi connectivity index (χ4v) is 4.69. The van der Waals surface area contributed by atoms with E-state index in [1.165, 1.54) is 12.1 Å². The average molecular weight is 461 g/mol. The third-order valence-corrected chi connectivity index (χ3v) is 6.93. The van der Waals surface area contributed by atoms with Gasteiger partial charge in [-0.2, -0.15) is 0 Å². The third kappa shape index (κ3) is 5.08. The molecule has 0 aliphatic carbocycles. The largest absolute Gasteiger partial charge is 0.322 e. The lowest BCUT2D eigenvalue weighted by Gasteiger charge is -2.13. The van der Waals surface area contributed by atoms with Crippen LogP contribution < -0.4 is 10.0 Å². The van der Waals surface area contributed by atoms with Crippen molar-refractivity contribution < 1.29 is 13.2 Å². The minimum Gasteiger partial charge on any atom is -0.322 e. The van der Waals surface area contributed by atoms with E-state index in [0.29, 0.717) is 28.9 Å². The van der Waals surface area contributed by atoms with Crippen molar-refractivity contribution in [1.82, 2.24) is 14.7 Å². The van der Waals surface area contributed by atoms with Gasteiger partial charge in [-0.05, 0) is 61.9 Å². The van der Waals surface area contributed by atoms with Crippen LogP contribution in [0.2, 0.25) is 0 Å². The molecule has 0 radical (unpaired) electrons. The maximum absolute atomic E-state index is 13.2. The molecule has 0 saturated heterocycles. The summed E-state index contributed by atoms with van der Waals surface area (Å²) in [5, 5.41) is 3.59. The van der Waals surface area contributed by atoms with E-state index in [9.17, 15) is 13.2 Å². The number of nitrogens with zero attached hydrogens (tertiary/aromatic N) is 2. The van der Waals surface area contributed by atoms with Crippen LogP contribution in [-0.4, -0.2) is 30.3 Å². The van der Waals surface area contributed by atoms with Gasteiger partial charge in [0.05, 0.1) is 21.7 Å². The number of hydrogen-bond acceptors (Lipinski definition) is 5. The number of amides is 1. The topological polar surface area (TPSA) is 101 Å². The van der Waals surface area contributed by atoms with Crippen LogP contribution in [0.3, 0.4) is 0 Å². The second kappa shape index (κ2) is 9.48. The Morgan fingerprint density at radius 1 is 1.00 bits per heavy atom. The first-order valence-corrected chi connectivity index (χ1v) is 12.1. The Labute approximate surface area is 193 Å². The normalized spacial score (nSPS) is 12.4. The number of rotatable bonds is 7. The van der Waals surface area contributed by atoms with Crippen LogP contribution in [0, 0.1) is 0 Å². The van der Waals surface area contributed by atoms with Crippen LogP contribution in [0.5, 0.6) is 0 Å². The second-order valence-electron chi connectivity index (χ2n) is 7.72. The van der Waals surface area contributed by atoms with E-state index < -0.39 is 10.0 Å². The number of fused-ring (bicyclic) bond motifs is 1. The number of pyridine rings is 2. The molecule has 0 fully saturated rings. The Kier molecular flexibility index (Phi) is 6.48. The van der Waals surface area contributed by atoms with E-state index in [4.69, 9.17) is 0 Å². The summed E-state index contributed by atoms with van der Waals surface area (Å²) < 4.78 is 27.6. The number of carbonyl (C=O) groups excluding carboxylic acids is 1. The first-order chi connectivity index (χ1) is 15.9. The molecule has 2 heterocycles. The summed E-state index contributed by atoms with van der Waals surface area (Å²) >= 11 is 0. The molecule has 4 aromatic rings. The Morgan fingerprint density at radius 3 is 2.39 bits per heavy atom. The predicted octanol–water partition coefficient (Wildman–Crippen LogP) is 4.63. The molecule has 1 amide bonds. The van der Waals surface area contributed by atoms with Gasteiger partial charge in [0.1, 0.15) is 0 Å². The number of sulfonamides is 1. The second-order valence-corrected chi connectivity index (χ2v) is 9.43. The van der Waals surface area contributed by atoms with Gasteiger partial charge in [-0.25, -0.2) is 18.1 Å². The average Bonchev–Trinajstić information content (AvgIpc) is 2.83. The Morgan fingerprint density at radius 2 is 1.70 bits per heavy atom. The van der Waals surface area contributed by atoms with Crippen molar-refractivity contribution in [2.24, 2.45) is 0 Å². The molecule has 4 rings (SSSR count). The zero-order chi connectivity index (χ0) is 23.4. The maximum Gasteiger partial charge on any atom is 0.256 e. The minimum absolute atomic E-state index is 0.148. The molecule has 2 aromatic carbocycles. The molecule has 168 valence electrons. The highest BCUT2D eigenvalue weighted by Gasteiger charge is 2.18. The summed E-state index contributed by atoms with van der Waals surface area (Å²) in [6, 6.07) is 18.8. The van der Waals surface area contributed by atoms with Crippen LogP contribution in [-0.2, 0) is 10.0 Å². The summed E-state index contributed by atoms with van der Waals surface area (Å²) in [4.78, 5) is 22.1. The number of hydrogen-bond donors (Lipinski definition) is 2. The van der Waals surface area contributed by atoms with Crippen molar-refractivity contribution in [2.75, 3.05) is 5.32 Å². The molecule has 2 aromatic heterocycles. The molecule has 0 saturated carbocycles. The third-order valence-electron chi connectivity index (χ3n) is 5.33. The molecule has 0 aliphatic heterocycles. The van der Waals surface area contributed by atoms with Crippen molar-refractivity contribution >= 4 is 32.5 Å². The minimum atomic E-state index is -3.61. The zero-order valence-electron chi connectivity index (χ0n) is 18.3. The lowest BCUT2D eigenvalue weighted by Crippen LogP contribution is -2.31. The molecule has 0 bridgehead atoms. The van der Waals surface area contributed by atoms with E-state index in [-0.39, 0.29) is 16.8 Å². The van der Waals surface area contributed by atoms with E-state index in [0.717, 1.165) is 10.9 Å². The monoisotopic (exact) mass is 460 g/mol. The van der Waals surface area contributed by atoms with Gasteiger partial charge in [0.2, 0.25) is 10.0 Å². The number of aromatic nitrogens is 2. The molecule has 7 nitrogen and oxygen atoms in total. The lowest BCUT2D eigenvalue weighted by atomic mass is 10.0. The Balaban J connectivity index is 1.63. The van der Waals surface area contributed by atoms with Gasteiger partial charge >= 0.3 is 0 Å². The molecule has 8 heteroatoms. The first-order valence-electron chi connectivity index (χ1n) is 10.6. The lowest BCUT2D eigenvalue weighted by molar-refractivity contribution is 0.102. The number of nitrogens with one attached hydrogen (secondary N) is 2. The van der Waals surface area contributed by atoms with Crippen LogP contribution in [0.1, 0.15) is 30.6 Å². The summed E-state index contributed by atoms with van der Waals surface area (Å²) in [5.74, 6) is -0.308. The highest BCUT2D eigenvalue weighted by Crippen LogP contribution is 2.25. The molecular formula is C25H24N4O3S. The van der Waals surface area contributed by atoms with Crippen molar-refractivity contribution in [1.29, 1.82) is 0 Å². The highest BCUT2D eigenvalue weighted by atomic mass is 32.2. The van der Waals surface area contributed by atoms with Crippen molar-refractivity contribution in [3.8, 4) is 11.3 Å². The SMILES string of the molecule is CCC(C)NS(=O)(=O)c1ccc(NC(=O)c2cc(-c3ccncc3)nc3ccccc23)cc1. The van der Waals surface area contributed by atoms with E-state index in [1.807, 2.05) is 50.2 Å². The van der Waals surface area contributed by atoms with Gasteiger partial charge < -0.3 is 5.32 Å². The summed E-state index contributed by atoms with van der Waals surface area (Å²) in [6.07, 6.45) is 4.05. The fraction of sp³-hybridized carbons (Fsp3) is 0.160. The van der Waals surface area contributed by atoms with Crippen LogP contribution in [0.15, 0.2) is 84.0 Å². The first kappa shape index (κ1) is 22.6. The van der Waals surface area contributed by atoms with Gasteiger partial charge in [0.15, 0.2) is 0 Å². The Bertz CT molecular complexity index is 1390. The van der Waals surface area contributed by atoms with E-state index >= 15 is 0 Å².